The van der Waals surface area contributed by atoms with Crippen LogP contribution in [0.4, 0.5) is 14.5 Å². The number of carbonyl (C=O) groups excluding carboxylic acids is 1. The summed E-state index contributed by atoms with van der Waals surface area (Å²) in [6.07, 6.45) is 0.428. The number of nitrogens with two attached hydrogens (primary N) is 1. The van der Waals surface area contributed by atoms with Crippen LogP contribution in [0.3, 0.4) is 0 Å². The molecule has 0 fully saturated rings. The first-order valence-corrected chi connectivity index (χ1v) is 6.39. The maximum atomic E-state index is 13.4. The van der Waals surface area contributed by atoms with Crippen molar-refractivity contribution in [1.82, 2.24) is 0 Å². The summed E-state index contributed by atoms with van der Waals surface area (Å²) in [7, 11) is 0. The van der Waals surface area contributed by atoms with Crippen LogP contribution in [0.1, 0.15) is 31.9 Å². The molecule has 0 aliphatic rings. The molecule has 0 bridgehead atoms. The zero-order valence-corrected chi connectivity index (χ0v) is 12.1. The highest BCUT2D eigenvalue weighted by molar-refractivity contribution is 9.10. The van der Waals surface area contributed by atoms with Gasteiger partial charge in [-0.1, -0.05) is 6.92 Å². The molecule has 1 atom stereocenters. The zero-order chi connectivity index (χ0) is 14.1. The summed E-state index contributed by atoms with van der Waals surface area (Å²) >= 11 is 3.17. The fourth-order valence-corrected chi connectivity index (χ4v) is 2.16. The highest BCUT2D eigenvalue weighted by atomic mass is 79.9. The molecule has 0 aliphatic heterocycles. The second-order valence-electron chi connectivity index (χ2n) is 4.64. The summed E-state index contributed by atoms with van der Waals surface area (Å²) < 4.78 is 27.2. The van der Waals surface area contributed by atoms with Gasteiger partial charge in [0.1, 0.15) is 5.78 Å². The quantitative estimate of drug-likeness (QED) is 0.855. The van der Waals surface area contributed by atoms with Gasteiger partial charge in [0.05, 0.1) is 5.69 Å². The van der Waals surface area contributed by atoms with Crippen LogP contribution in [-0.2, 0) is 17.1 Å². The van der Waals surface area contributed by atoms with E-state index in [1.807, 2.05) is 0 Å². The molecular formula is C13H16BrF2NO. The molecule has 1 rings (SSSR count). The molecule has 1 aromatic carbocycles. The fraction of sp³-hybridized carbons (Fsp3) is 0.462. The maximum Gasteiger partial charge on any atom is 0.272 e. The third-order valence-corrected chi connectivity index (χ3v) is 3.55. The van der Waals surface area contributed by atoms with Crippen molar-refractivity contribution in [2.45, 2.75) is 33.1 Å². The predicted octanol–water partition coefficient (Wildman–Crippen LogP) is 3.91. The van der Waals surface area contributed by atoms with Crippen molar-refractivity contribution in [2.24, 2.45) is 5.92 Å². The first kappa shape index (κ1) is 15.1. The van der Waals surface area contributed by atoms with Gasteiger partial charge in [-0.15, -0.1) is 0 Å². The molecule has 0 saturated carbocycles. The normalized spacial score (nSPS) is 13.4. The van der Waals surface area contributed by atoms with Crippen LogP contribution in [0.15, 0.2) is 16.6 Å². The van der Waals surface area contributed by atoms with Crippen LogP contribution in [0, 0.1) is 5.92 Å². The van der Waals surface area contributed by atoms with Gasteiger partial charge in [-0.05, 0) is 47.0 Å². The van der Waals surface area contributed by atoms with E-state index in [9.17, 15) is 13.6 Å². The Morgan fingerprint density at radius 3 is 2.50 bits per heavy atom. The van der Waals surface area contributed by atoms with E-state index < -0.39 is 5.92 Å². The topological polar surface area (TPSA) is 43.1 Å². The van der Waals surface area contributed by atoms with Crippen LogP contribution >= 0.6 is 15.9 Å². The maximum absolute atomic E-state index is 13.4. The second-order valence-corrected chi connectivity index (χ2v) is 5.50. The van der Waals surface area contributed by atoms with Gasteiger partial charge in [0.25, 0.3) is 5.92 Å². The summed E-state index contributed by atoms with van der Waals surface area (Å²) in [5.74, 6) is -3.16. The first-order chi connectivity index (χ1) is 8.12. The van der Waals surface area contributed by atoms with Crippen molar-refractivity contribution >= 4 is 27.4 Å². The van der Waals surface area contributed by atoms with Gasteiger partial charge in [0, 0.05) is 22.9 Å². The molecule has 0 spiro atoms. The van der Waals surface area contributed by atoms with Crippen molar-refractivity contribution < 1.29 is 13.6 Å². The minimum absolute atomic E-state index is 0.0350. The lowest BCUT2D eigenvalue weighted by Gasteiger charge is -2.17. The van der Waals surface area contributed by atoms with E-state index in [0.29, 0.717) is 16.5 Å². The molecular weight excluding hydrogens is 304 g/mol. The molecule has 0 amide bonds. The van der Waals surface area contributed by atoms with Crippen molar-refractivity contribution in [1.29, 1.82) is 0 Å². The van der Waals surface area contributed by atoms with Crippen LogP contribution in [-0.4, -0.2) is 5.78 Å². The Hall–Kier alpha value is -0.970. The number of anilines is 1. The largest absolute Gasteiger partial charge is 0.397 e. The van der Waals surface area contributed by atoms with Gasteiger partial charge >= 0.3 is 0 Å². The summed E-state index contributed by atoms with van der Waals surface area (Å²) in [5.41, 5.74) is 6.15. The van der Waals surface area contributed by atoms with Gasteiger partial charge < -0.3 is 5.73 Å². The lowest BCUT2D eigenvalue weighted by atomic mass is 9.95. The minimum Gasteiger partial charge on any atom is -0.397 e. The van der Waals surface area contributed by atoms with E-state index in [0.717, 1.165) is 6.92 Å². The Kier molecular flexibility index (Phi) is 4.48. The van der Waals surface area contributed by atoms with Crippen molar-refractivity contribution in [2.75, 3.05) is 5.73 Å². The summed E-state index contributed by atoms with van der Waals surface area (Å²) in [4.78, 5) is 11.2. The number of carbonyl (C=O) groups is 1. The van der Waals surface area contributed by atoms with E-state index in [-0.39, 0.29) is 23.0 Å². The molecule has 2 N–H and O–H groups in total. The molecule has 100 valence electrons. The number of rotatable bonds is 4. The Labute approximate surface area is 114 Å². The molecule has 2 nitrogen and oxygen atoms in total. The molecule has 18 heavy (non-hydrogen) atoms. The smallest absolute Gasteiger partial charge is 0.272 e. The first-order valence-electron chi connectivity index (χ1n) is 5.59. The Morgan fingerprint density at radius 1 is 1.50 bits per heavy atom. The number of halogens is 3. The van der Waals surface area contributed by atoms with Crippen molar-refractivity contribution in [3.63, 3.8) is 0 Å². The Balaban J connectivity index is 3.17. The fourth-order valence-electron chi connectivity index (χ4n) is 1.65. The Bertz CT molecular complexity index is 469. The second kappa shape index (κ2) is 5.34. The SMILES string of the molecule is CC(=O)[C@H](C)Cc1cc(Br)c(N)c(C(C)(F)F)c1. The molecule has 0 heterocycles. The number of benzene rings is 1. The third-order valence-electron chi connectivity index (χ3n) is 2.90. The van der Waals surface area contributed by atoms with E-state index >= 15 is 0 Å². The molecule has 0 aliphatic carbocycles. The van der Waals surface area contributed by atoms with Crippen LogP contribution in [0.5, 0.6) is 0 Å². The molecule has 5 heteroatoms. The number of nitrogen functional groups attached to an aromatic ring is 1. The minimum atomic E-state index is -3.00. The number of ketones is 1. The highest BCUT2D eigenvalue weighted by Crippen LogP contribution is 2.37. The molecule has 0 saturated heterocycles. The number of hydrogen-bond donors (Lipinski definition) is 1. The van der Waals surface area contributed by atoms with Crippen molar-refractivity contribution in [3.8, 4) is 0 Å². The number of hydrogen-bond acceptors (Lipinski definition) is 2. The Morgan fingerprint density at radius 2 is 2.06 bits per heavy atom. The zero-order valence-electron chi connectivity index (χ0n) is 10.6. The van der Waals surface area contributed by atoms with E-state index in [1.165, 1.54) is 13.0 Å². The highest BCUT2D eigenvalue weighted by Gasteiger charge is 2.28. The average molecular weight is 320 g/mol. The molecule has 0 radical (unpaired) electrons. The van der Waals surface area contributed by atoms with Gasteiger partial charge in [-0.2, -0.15) is 0 Å². The van der Waals surface area contributed by atoms with Gasteiger partial charge in [0.2, 0.25) is 0 Å². The van der Waals surface area contributed by atoms with E-state index in [4.69, 9.17) is 5.73 Å². The molecule has 0 unspecified atom stereocenters. The summed E-state index contributed by atoms with van der Waals surface area (Å²) in [6.45, 7) is 4.08. The van der Waals surface area contributed by atoms with Gasteiger partial charge in [-0.3, -0.25) is 4.79 Å². The van der Waals surface area contributed by atoms with E-state index in [1.54, 1.807) is 13.0 Å². The number of alkyl halides is 2. The standard InChI is InChI=1S/C13H16BrF2NO/c1-7(8(2)18)4-9-5-10(13(3,15)16)12(17)11(14)6-9/h5-7H,4,17H2,1-3H3/t7-/m1/s1. The lowest BCUT2D eigenvalue weighted by molar-refractivity contribution is -0.120. The average Bonchev–Trinajstić information content (AvgIpc) is 2.21. The summed E-state index contributed by atoms with van der Waals surface area (Å²) in [6, 6.07) is 3.06. The van der Waals surface area contributed by atoms with Gasteiger partial charge in [0.15, 0.2) is 0 Å². The number of Topliss-reactive ketones (excluding diaryl/α,β-unsaturated/α-hetero) is 1. The van der Waals surface area contributed by atoms with Crippen molar-refractivity contribution in [3.05, 3.63) is 27.7 Å². The van der Waals surface area contributed by atoms with Crippen LogP contribution in [0.2, 0.25) is 0 Å². The van der Waals surface area contributed by atoms with Crippen LogP contribution in [0.25, 0.3) is 0 Å². The summed E-state index contributed by atoms with van der Waals surface area (Å²) in [5, 5.41) is 0. The molecule has 0 aromatic heterocycles. The molecule has 1 aromatic rings. The predicted molar refractivity (Wildman–Crippen MR) is 71.7 cm³/mol. The van der Waals surface area contributed by atoms with Gasteiger partial charge in [-0.25, -0.2) is 8.78 Å². The third kappa shape index (κ3) is 3.51. The monoisotopic (exact) mass is 319 g/mol. The van der Waals surface area contributed by atoms with E-state index in [2.05, 4.69) is 15.9 Å². The lowest BCUT2D eigenvalue weighted by Crippen LogP contribution is -2.14. The van der Waals surface area contributed by atoms with Crippen LogP contribution < -0.4 is 5.73 Å².